The third-order valence-corrected chi connectivity index (χ3v) is 11.1. The van der Waals surface area contributed by atoms with Crippen LogP contribution in [0.4, 0.5) is 0 Å². The normalized spacial score (nSPS) is 11.6. The molecule has 11 aromatic rings. The SMILES string of the molecule is c1ccc(-c2cccc(-n3c4ccccc4c4cc(-c5ccc6c(c5)c5ccccc5n6-c5cc(-c6ccccc6)nc(-c6ccccc6)c5)ccc43)c2)cc1. The second kappa shape index (κ2) is 13.1. The fourth-order valence-electron chi connectivity index (χ4n) is 8.48. The largest absolute Gasteiger partial charge is 0.309 e. The zero-order valence-electron chi connectivity index (χ0n) is 30.5. The van der Waals surface area contributed by atoms with Gasteiger partial charge in [0.25, 0.3) is 0 Å². The van der Waals surface area contributed by atoms with E-state index >= 15 is 0 Å². The third-order valence-electron chi connectivity index (χ3n) is 11.1. The molecular formula is C53H35N3. The lowest BCUT2D eigenvalue weighted by Crippen LogP contribution is -1.98. The van der Waals surface area contributed by atoms with Gasteiger partial charge in [-0.2, -0.15) is 0 Å². The molecule has 0 unspecified atom stereocenters. The topological polar surface area (TPSA) is 22.8 Å². The van der Waals surface area contributed by atoms with E-state index in [1.54, 1.807) is 0 Å². The second-order valence-electron chi connectivity index (χ2n) is 14.4. The Hall–Kier alpha value is -7.49. The molecule has 0 saturated heterocycles. The smallest absolute Gasteiger partial charge is 0.0730 e. The van der Waals surface area contributed by atoms with Gasteiger partial charge in [0.1, 0.15) is 0 Å². The van der Waals surface area contributed by atoms with Crippen LogP contribution in [-0.2, 0) is 0 Å². The van der Waals surface area contributed by atoms with Gasteiger partial charge in [-0.15, -0.1) is 0 Å². The maximum atomic E-state index is 5.17. The predicted octanol–water partition coefficient (Wildman–Crippen LogP) is 13.9. The van der Waals surface area contributed by atoms with E-state index < -0.39 is 0 Å². The van der Waals surface area contributed by atoms with Crippen LogP contribution in [0.3, 0.4) is 0 Å². The summed E-state index contributed by atoms with van der Waals surface area (Å²) in [5.41, 5.74) is 15.8. The highest BCUT2D eigenvalue weighted by Crippen LogP contribution is 2.39. The molecular weight excluding hydrogens is 679 g/mol. The zero-order chi connectivity index (χ0) is 37.0. The van der Waals surface area contributed by atoms with Gasteiger partial charge in [-0.1, -0.05) is 152 Å². The van der Waals surface area contributed by atoms with E-state index in [-0.39, 0.29) is 0 Å². The van der Waals surface area contributed by atoms with Gasteiger partial charge in [0, 0.05) is 38.4 Å². The first-order valence-electron chi connectivity index (χ1n) is 19.1. The number of pyridine rings is 1. The Balaban J connectivity index is 1.07. The van der Waals surface area contributed by atoms with Crippen LogP contribution in [0.15, 0.2) is 212 Å². The summed E-state index contributed by atoms with van der Waals surface area (Å²) in [6.45, 7) is 0. The molecule has 0 bridgehead atoms. The second-order valence-corrected chi connectivity index (χ2v) is 14.4. The third kappa shape index (κ3) is 5.32. The number of para-hydroxylation sites is 2. The van der Waals surface area contributed by atoms with Crippen LogP contribution in [0.25, 0.3) is 99.8 Å². The van der Waals surface area contributed by atoms with Crippen LogP contribution in [0, 0.1) is 0 Å². The van der Waals surface area contributed by atoms with Gasteiger partial charge < -0.3 is 9.13 Å². The molecule has 11 rings (SSSR count). The number of nitrogens with zero attached hydrogens (tertiary/aromatic N) is 3. The lowest BCUT2D eigenvalue weighted by Gasteiger charge is -2.13. The quantitative estimate of drug-likeness (QED) is 0.168. The summed E-state index contributed by atoms with van der Waals surface area (Å²) in [6.07, 6.45) is 0. The van der Waals surface area contributed by atoms with Crippen LogP contribution in [0.2, 0.25) is 0 Å². The highest BCUT2D eigenvalue weighted by Gasteiger charge is 2.18. The molecule has 3 nitrogen and oxygen atoms in total. The van der Waals surface area contributed by atoms with Crippen molar-refractivity contribution in [2.75, 3.05) is 0 Å². The van der Waals surface area contributed by atoms with E-state index in [0.717, 1.165) is 39.4 Å². The minimum atomic E-state index is 0.948. The van der Waals surface area contributed by atoms with Crippen LogP contribution in [0.1, 0.15) is 0 Å². The van der Waals surface area contributed by atoms with Crippen molar-refractivity contribution in [3.05, 3.63) is 212 Å². The first-order valence-corrected chi connectivity index (χ1v) is 19.1. The highest BCUT2D eigenvalue weighted by molar-refractivity contribution is 6.12. The van der Waals surface area contributed by atoms with Crippen molar-refractivity contribution in [1.29, 1.82) is 0 Å². The fourth-order valence-corrected chi connectivity index (χ4v) is 8.48. The standard InChI is InChI=1S/C53H35N3/c1-4-15-36(16-5-1)39-21-14-22-42(31-39)55-50-25-12-10-23-44(50)46-32-40(27-29-52(46)55)41-28-30-53-47(33-41)45-24-11-13-26-51(45)56(53)43-34-48(37-17-6-2-7-18-37)54-49(35-43)38-19-8-3-9-20-38/h1-35H. The average Bonchev–Trinajstić information content (AvgIpc) is 3.79. The summed E-state index contributed by atoms with van der Waals surface area (Å²) in [7, 11) is 0. The molecule has 0 atom stereocenters. The van der Waals surface area contributed by atoms with Crippen molar-refractivity contribution in [3.8, 4) is 56.1 Å². The molecule has 0 N–H and O–H groups in total. The van der Waals surface area contributed by atoms with Crippen LogP contribution in [0.5, 0.6) is 0 Å². The summed E-state index contributed by atoms with van der Waals surface area (Å²) in [6, 6.07) is 76.3. The lowest BCUT2D eigenvalue weighted by atomic mass is 10.0. The van der Waals surface area contributed by atoms with Gasteiger partial charge in [0.2, 0.25) is 0 Å². The first-order chi connectivity index (χ1) is 27.8. The number of hydrogen-bond acceptors (Lipinski definition) is 1. The van der Waals surface area contributed by atoms with Crippen molar-refractivity contribution >= 4 is 43.6 Å². The van der Waals surface area contributed by atoms with Gasteiger partial charge >= 0.3 is 0 Å². The Bertz CT molecular complexity index is 3170. The average molecular weight is 714 g/mol. The van der Waals surface area contributed by atoms with E-state index in [1.807, 2.05) is 0 Å². The molecule has 0 aliphatic rings. The van der Waals surface area contributed by atoms with E-state index in [1.165, 1.54) is 60.3 Å². The number of benzene rings is 8. The molecule has 0 aliphatic heterocycles. The van der Waals surface area contributed by atoms with Gasteiger partial charge in [-0.25, -0.2) is 4.98 Å². The van der Waals surface area contributed by atoms with Crippen LogP contribution >= 0.6 is 0 Å². The van der Waals surface area contributed by atoms with E-state index in [0.29, 0.717) is 0 Å². The monoisotopic (exact) mass is 713 g/mol. The Kier molecular flexibility index (Phi) is 7.49. The highest BCUT2D eigenvalue weighted by atomic mass is 15.0. The first kappa shape index (κ1) is 32.0. The number of rotatable bonds is 6. The van der Waals surface area contributed by atoms with E-state index in [4.69, 9.17) is 4.98 Å². The lowest BCUT2D eigenvalue weighted by molar-refractivity contribution is 1.16. The van der Waals surface area contributed by atoms with Crippen molar-refractivity contribution in [1.82, 2.24) is 14.1 Å². The van der Waals surface area contributed by atoms with E-state index in [2.05, 4.69) is 221 Å². The molecule has 3 heterocycles. The van der Waals surface area contributed by atoms with Crippen molar-refractivity contribution in [3.63, 3.8) is 0 Å². The maximum absolute atomic E-state index is 5.17. The summed E-state index contributed by atoms with van der Waals surface area (Å²) in [5, 5.41) is 4.93. The molecule has 56 heavy (non-hydrogen) atoms. The number of aromatic nitrogens is 3. The minimum Gasteiger partial charge on any atom is -0.309 e. The Morgan fingerprint density at radius 3 is 1.20 bits per heavy atom. The van der Waals surface area contributed by atoms with Crippen molar-refractivity contribution < 1.29 is 0 Å². The van der Waals surface area contributed by atoms with Crippen LogP contribution < -0.4 is 0 Å². The maximum Gasteiger partial charge on any atom is 0.0730 e. The molecule has 0 amide bonds. The van der Waals surface area contributed by atoms with Gasteiger partial charge in [0.05, 0.1) is 39.1 Å². The summed E-state index contributed by atoms with van der Waals surface area (Å²) < 4.78 is 4.80. The molecule has 3 aromatic heterocycles. The summed E-state index contributed by atoms with van der Waals surface area (Å²) >= 11 is 0. The predicted molar refractivity (Wildman–Crippen MR) is 235 cm³/mol. The molecule has 0 spiro atoms. The molecule has 0 radical (unpaired) electrons. The Labute approximate surface area is 325 Å². The molecule has 3 heteroatoms. The summed E-state index contributed by atoms with van der Waals surface area (Å²) in [4.78, 5) is 5.17. The number of hydrogen-bond donors (Lipinski definition) is 0. The Morgan fingerprint density at radius 1 is 0.250 bits per heavy atom. The number of fused-ring (bicyclic) bond motifs is 6. The molecule has 262 valence electrons. The minimum absolute atomic E-state index is 0.948. The van der Waals surface area contributed by atoms with Gasteiger partial charge in [0.15, 0.2) is 0 Å². The molecule has 8 aromatic carbocycles. The molecule has 0 saturated carbocycles. The van der Waals surface area contributed by atoms with Crippen LogP contribution in [-0.4, -0.2) is 14.1 Å². The van der Waals surface area contributed by atoms with Gasteiger partial charge in [-0.3, -0.25) is 0 Å². The fraction of sp³-hybridized carbons (Fsp3) is 0. The van der Waals surface area contributed by atoms with Crippen molar-refractivity contribution in [2.45, 2.75) is 0 Å². The Morgan fingerprint density at radius 2 is 0.661 bits per heavy atom. The van der Waals surface area contributed by atoms with E-state index in [9.17, 15) is 0 Å². The molecule has 0 fully saturated rings. The summed E-state index contributed by atoms with van der Waals surface area (Å²) in [5.74, 6) is 0. The van der Waals surface area contributed by atoms with Gasteiger partial charge in [-0.05, 0) is 82.9 Å². The zero-order valence-corrected chi connectivity index (χ0v) is 30.5. The van der Waals surface area contributed by atoms with Crippen molar-refractivity contribution in [2.24, 2.45) is 0 Å². The molecule has 0 aliphatic carbocycles.